The summed E-state index contributed by atoms with van der Waals surface area (Å²) in [5.41, 5.74) is 2.63. The summed E-state index contributed by atoms with van der Waals surface area (Å²) in [5.74, 6) is -0.119. The van der Waals surface area contributed by atoms with Crippen LogP contribution in [0.5, 0.6) is 0 Å². The molecule has 0 unspecified atom stereocenters. The average molecular weight is 224 g/mol. The van der Waals surface area contributed by atoms with E-state index in [1.165, 1.54) is 0 Å². The van der Waals surface area contributed by atoms with Crippen molar-refractivity contribution in [2.24, 2.45) is 0 Å². The Bertz CT molecular complexity index is 346. The quantitative estimate of drug-likeness (QED) is 0.662. The summed E-state index contributed by atoms with van der Waals surface area (Å²) in [6.07, 6.45) is 2.05. The van der Waals surface area contributed by atoms with Crippen LogP contribution in [0.4, 0.5) is 0 Å². The van der Waals surface area contributed by atoms with Crippen molar-refractivity contribution in [3.63, 3.8) is 0 Å². The Morgan fingerprint density at radius 3 is 2.88 bits per heavy atom. The number of rotatable bonds is 1. The molecule has 2 heterocycles. The van der Waals surface area contributed by atoms with Crippen LogP contribution < -0.4 is 10.6 Å². The lowest BCUT2D eigenvalue weighted by Crippen LogP contribution is -2.21. The number of fused-ring (bicyclic) bond motifs is 1. The van der Waals surface area contributed by atoms with Gasteiger partial charge in [-0.25, -0.2) is 0 Å². The largest absolute Gasteiger partial charge is 0.354 e. The highest BCUT2D eigenvalue weighted by Gasteiger charge is 2.19. The van der Waals surface area contributed by atoms with Gasteiger partial charge in [0, 0.05) is 24.8 Å². The van der Waals surface area contributed by atoms with E-state index in [9.17, 15) is 4.79 Å². The van der Waals surface area contributed by atoms with Crippen LogP contribution in [0.1, 0.15) is 42.0 Å². The van der Waals surface area contributed by atoms with E-state index in [2.05, 4.69) is 20.8 Å². The lowest BCUT2D eigenvalue weighted by Gasteiger charge is -2.00. The van der Waals surface area contributed by atoms with Crippen molar-refractivity contribution in [2.45, 2.75) is 33.2 Å². The van der Waals surface area contributed by atoms with E-state index in [1.54, 1.807) is 7.05 Å². The molecule has 2 rings (SSSR count). The van der Waals surface area contributed by atoms with Crippen LogP contribution in [0.25, 0.3) is 0 Å². The molecule has 90 valence electrons. The molecule has 5 nitrogen and oxygen atoms in total. The summed E-state index contributed by atoms with van der Waals surface area (Å²) in [7, 11) is 1.62. The summed E-state index contributed by atoms with van der Waals surface area (Å²) in [6, 6.07) is 0. The van der Waals surface area contributed by atoms with Gasteiger partial charge in [-0.3, -0.25) is 9.89 Å². The van der Waals surface area contributed by atoms with Crippen LogP contribution in [0, 0.1) is 0 Å². The van der Waals surface area contributed by atoms with Crippen LogP contribution in [-0.4, -0.2) is 29.7 Å². The second-order valence-corrected chi connectivity index (χ2v) is 3.39. The van der Waals surface area contributed by atoms with Crippen LogP contribution in [0.3, 0.4) is 0 Å². The van der Waals surface area contributed by atoms with Crippen molar-refractivity contribution in [3.05, 3.63) is 17.0 Å². The third-order valence-electron chi connectivity index (χ3n) is 2.48. The molecule has 0 radical (unpaired) electrons. The molecule has 0 saturated heterocycles. The van der Waals surface area contributed by atoms with E-state index < -0.39 is 0 Å². The summed E-state index contributed by atoms with van der Waals surface area (Å²) >= 11 is 0. The van der Waals surface area contributed by atoms with E-state index in [-0.39, 0.29) is 5.91 Å². The third-order valence-corrected chi connectivity index (χ3v) is 2.48. The minimum atomic E-state index is -0.119. The van der Waals surface area contributed by atoms with Crippen molar-refractivity contribution in [1.82, 2.24) is 20.8 Å². The van der Waals surface area contributed by atoms with Gasteiger partial charge in [-0.05, 0) is 19.4 Å². The molecule has 0 saturated carbocycles. The first-order valence-electron chi connectivity index (χ1n) is 5.82. The Labute approximate surface area is 96.0 Å². The first-order valence-corrected chi connectivity index (χ1v) is 5.82. The number of nitrogens with zero attached hydrogens (tertiary/aromatic N) is 1. The highest BCUT2D eigenvalue weighted by Crippen LogP contribution is 2.15. The van der Waals surface area contributed by atoms with E-state index in [4.69, 9.17) is 0 Å². The Hall–Kier alpha value is -1.36. The molecule has 0 atom stereocenters. The first kappa shape index (κ1) is 12.7. The molecule has 1 aliphatic rings. The molecule has 0 aromatic carbocycles. The summed E-state index contributed by atoms with van der Waals surface area (Å²) in [4.78, 5) is 11.4. The van der Waals surface area contributed by atoms with Crippen LogP contribution >= 0.6 is 0 Å². The monoisotopic (exact) mass is 224 g/mol. The number of aryl methyl sites for hydroxylation is 1. The van der Waals surface area contributed by atoms with Gasteiger partial charge in [-0.2, -0.15) is 5.10 Å². The van der Waals surface area contributed by atoms with Gasteiger partial charge < -0.3 is 10.6 Å². The highest BCUT2D eigenvalue weighted by atomic mass is 16.1. The van der Waals surface area contributed by atoms with E-state index in [0.29, 0.717) is 5.69 Å². The zero-order valence-corrected chi connectivity index (χ0v) is 10.2. The molecule has 3 N–H and O–H groups in total. The van der Waals surface area contributed by atoms with Crippen molar-refractivity contribution >= 4 is 5.91 Å². The Kier molecular flexibility index (Phi) is 4.98. The molecule has 0 bridgehead atoms. The van der Waals surface area contributed by atoms with Gasteiger partial charge in [0.05, 0.1) is 0 Å². The fraction of sp³-hybridized carbons (Fsp3) is 0.636. The minimum absolute atomic E-state index is 0.119. The smallest absolute Gasteiger partial charge is 0.271 e. The lowest BCUT2D eigenvalue weighted by molar-refractivity contribution is 0.0957. The lowest BCUT2D eigenvalue weighted by atomic mass is 10.1. The van der Waals surface area contributed by atoms with Crippen LogP contribution in [-0.2, 0) is 13.0 Å². The minimum Gasteiger partial charge on any atom is -0.354 e. The van der Waals surface area contributed by atoms with Crippen LogP contribution in [0.2, 0.25) is 0 Å². The molecule has 0 fully saturated rings. The Morgan fingerprint density at radius 1 is 1.44 bits per heavy atom. The second-order valence-electron chi connectivity index (χ2n) is 3.39. The number of aromatic nitrogens is 2. The van der Waals surface area contributed by atoms with Gasteiger partial charge in [0.25, 0.3) is 5.91 Å². The fourth-order valence-electron chi connectivity index (χ4n) is 1.71. The highest BCUT2D eigenvalue weighted by molar-refractivity contribution is 5.93. The number of hydrogen-bond donors (Lipinski definition) is 3. The van der Waals surface area contributed by atoms with E-state index in [0.717, 1.165) is 37.2 Å². The average Bonchev–Trinajstić information content (AvgIpc) is 2.60. The van der Waals surface area contributed by atoms with E-state index >= 15 is 0 Å². The maximum absolute atomic E-state index is 11.4. The maximum Gasteiger partial charge on any atom is 0.271 e. The molecule has 0 aliphatic carbocycles. The number of carbonyl (C=O) groups excluding carboxylic acids is 1. The molecule has 16 heavy (non-hydrogen) atoms. The van der Waals surface area contributed by atoms with Crippen molar-refractivity contribution in [1.29, 1.82) is 0 Å². The van der Waals surface area contributed by atoms with Gasteiger partial charge in [0.1, 0.15) is 0 Å². The van der Waals surface area contributed by atoms with Crippen molar-refractivity contribution in [3.8, 4) is 0 Å². The zero-order chi connectivity index (χ0) is 12.0. The number of aromatic amines is 1. The van der Waals surface area contributed by atoms with Crippen molar-refractivity contribution in [2.75, 3.05) is 13.6 Å². The summed E-state index contributed by atoms with van der Waals surface area (Å²) in [5, 5.41) is 12.8. The van der Waals surface area contributed by atoms with E-state index in [1.807, 2.05) is 13.8 Å². The third kappa shape index (κ3) is 2.61. The predicted octanol–water partition coefficient (Wildman–Crippen LogP) is 0.831. The maximum atomic E-state index is 11.4. The number of carbonyl (C=O) groups is 1. The standard InChI is InChI=1S/C9H14N4O.C2H6/c1-10-9(14)8-6-5-11-4-2-3-7(6)12-13-8;1-2/h11H,2-5H2,1H3,(H,10,14)(H,12,13);1-2H3. The number of amides is 1. The molecule has 0 spiro atoms. The van der Waals surface area contributed by atoms with Gasteiger partial charge in [-0.1, -0.05) is 13.8 Å². The fourth-order valence-corrected chi connectivity index (χ4v) is 1.71. The van der Waals surface area contributed by atoms with Crippen LogP contribution in [0.15, 0.2) is 0 Å². The predicted molar refractivity (Wildman–Crippen MR) is 63.4 cm³/mol. The van der Waals surface area contributed by atoms with Gasteiger partial charge in [-0.15, -0.1) is 0 Å². The summed E-state index contributed by atoms with van der Waals surface area (Å²) < 4.78 is 0. The molecule has 1 aromatic heterocycles. The molecular formula is C11H20N4O. The topological polar surface area (TPSA) is 69.8 Å². The van der Waals surface area contributed by atoms with Gasteiger partial charge >= 0.3 is 0 Å². The Morgan fingerprint density at radius 2 is 2.19 bits per heavy atom. The van der Waals surface area contributed by atoms with Gasteiger partial charge in [0.15, 0.2) is 5.69 Å². The number of H-pyrrole nitrogens is 1. The van der Waals surface area contributed by atoms with Gasteiger partial charge in [0.2, 0.25) is 0 Å². The number of nitrogens with one attached hydrogen (secondary N) is 3. The SMILES string of the molecule is CC.CNC(=O)c1n[nH]c2c1CNCCC2. The zero-order valence-electron chi connectivity index (χ0n) is 10.2. The Balaban J connectivity index is 0.000000606. The molecule has 1 amide bonds. The normalized spacial score (nSPS) is 14.2. The molecule has 1 aromatic rings. The molecule has 1 aliphatic heterocycles. The van der Waals surface area contributed by atoms with Crippen molar-refractivity contribution < 1.29 is 4.79 Å². The molecular weight excluding hydrogens is 204 g/mol. The molecule has 5 heteroatoms. The number of hydrogen-bond acceptors (Lipinski definition) is 3. The first-order chi connectivity index (χ1) is 7.83. The summed E-state index contributed by atoms with van der Waals surface area (Å²) in [6.45, 7) is 5.73. The second kappa shape index (κ2) is 6.27.